The van der Waals surface area contributed by atoms with Gasteiger partial charge in [0.2, 0.25) is 0 Å². The van der Waals surface area contributed by atoms with Gasteiger partial charge in [-0.25, -0.2) is 4.68 Å². The standard InChI is InChI=1S/C16H20ClN3O/c1-2-16(21)7-8-19(12-16)10-13-9-18-20(11-13)15-5-3-14(17)4-6-15/h3-6,9,11,21H,2,7-8,10,12H2,1H3. The van der Waals surface area contributed by atoms with Gasteiger partial charge in [0.15, 0.2) is 0 Å². The van der Waals surface area contributed by atoms with E-state index in [-0.39, 0.29) is 0 Å². The van der Waals surface area contributed by atoms with Crippen LogP contribution in [0, 0.1) is 0 Å². The van der Waals surface area contributed by atoms with Gasteiger partial charge in [-0.2, -0.15) is 5.10 Å². The first-order valence-corrected chi connectivity index (χ1v) is 7.70. The average Bonchev–Trinajstić information content (AvgIpc) is 3.08. The molecule has 0 amide bonds. The molecular formula is C16H20ClN3O. The lowest BCUT2D eigenvalue weighted by Gasteiger charge is -2.21. The molecule has 21 heavy (non-hydrogen) atoms. The average molecular weight is 306 g/mol. The summed E-state index contributed by atoms with van der Waals surface area (Å²) in [6, 6.07) is 7.62. The Hall–Kier alpha value is -1.36. The fourth-order valence-corrected chi connectivity index (χ4v) is 2.93. The number of hydrogen-bond acceptors (Lipinski definition) is 3. The Kier molecular flexibility index (Phi) is 4.02. The maximum absolute atomic E-state index is 10.3. The first-order chi connectivity index (χ1) is 10.1. The topological polar surface area (TPSA) is 41.3 Å². The number of aromatic nitrogens is 2. The van der Waals surface area contributed by atoms with Crippen LogP contribution < -0.4 is 0 Å². The second kappa shape index (κ2) is 5.79. The molecule has 0 spiro atoms. The molecule has 112 valence electrons. The fourth-order valence-electron chi connectivity index (χ4n) is 2.80. The summed E-state index contributed by atoms with van der Waals surface area (Å²) in [6.45, 7) is 4.56. The van der Waals surface area contributed by atoms with Gasteiger partial charge in [-0.3, -0.25) is 4.90 Å². The van der Waals surface area contributed by atoms with Crippen LogP contribution in [0.4, 0.5) is 0 Å². The van der Waals surface area contributed by atoms with Crippen molar-refractivity contribution < 1.29 is 5.11 Å². The highest BCUT2D eigenvalue weighted by Crippen LogP contribution is 2.25. The molecule has 4 nitrogen and oxygen atoms in total. The van der Waals surface area contributed by atoms with E-state index in [1.165, 1.54) is 0 Å². The van der Waals surface area contributed by atoms with Crippen molar-refractivity contribution in [2.75, 3.05) is 13.1 Å². The molecule has 5 heteroatoms. The first-order valence-electron chi connectivity index (χ1n) is 7.32. The van der Waals surface area contributed by atoms with Crippen molar-refractivity contribution in [2.24, 2.45) is 0 Å². The van der Waals surface area contributed by atoms with Crippen LogP contribution in [0.1, 0.15) is 25.3 Å². The molecule has 0 bridgehead atoms. The number of hydrogen-bond donors (Lipinski definition) is 1. The van der Waals surface area contributed by atoms with Crippen molar-refractivity contribution in [3.8, 4) is 5.69 Å². The molecule has 1 aliphatic heterocycles. The predicted molar refractivity (Wildman–Crippen MR) is 83.7 cm³/mol. The lowest BCUT2D eigenvalue weighted by molar-refractivity contribution is 0.0447. The highest BCUT2D eigenvalue weighted by atomic mass is 35.5. The van der Waals surface area contributed by atoms with Crippen LogP contribution >= 0.6 is 11.6 Å². The Morgan fingerprint density at radius 2 is 2.10 bits per heavy atom. The van der Waals surface area contributed by atoms with Crippen LogP contribution in [0.3, 0.4) is 0 Å². The smallest absolute Gasteiger partial charge is 0.0783 e. The van der Waals surface area contributed by atoms with Crippen LogP contribution in [0.5, 0.6) is 0 Å². The quantitative estimate of drug-likeness (QED) is 0.944. The number of benzene rings is 1. The van der Waals surface area contributed by atoms with E-state index in [1.807, 2.05) is 48.3 Å². The zero-order valence-electron chi connectivity index (χ0n) is 12.2. The molecule has 1 unspecified atom stereocenters. The number of aliphatic hydroxyl groups is 1. The summed E-state index contributed by atoms with van der Waals surface area (Å²) in [7, 11) is 0. The summed E-state index contributed by atoms with van der Waals surface area (Å²) in [4.78, 5) is 2.28. The lowest BCUT2D eigenvalue weighted by Crippen LogP contribution is -2.31. The van der Waals surface area contributed by atoms with E-state index >= 15 is 0 Å². The maximum Gasteiger partial charge on any atom is 0.0783 e. The van der Waals surface area contributed by atoms with Crippen molar-refractivity contribution >= 4 is 11.6 Å². The highest BCUT2D eigenvalue weighted by molar-refractivity contribution is 6.30. The van der Waals surface area contributed by atoms with E-state index in [0.717, 1.165) is 48.7 Å². The van der Waals surface area contributed by atoms with Gasteiger partial charge >= 0.3 is 0 Å². The molecule has 0 saturated carbocycles. The van der Waals surface area contributed by atoms with Gasteiger partial charge in [-0.1, -0.05) is 18.5 Å². The van der Waals surface area contributed by atoms with Crippen LogP contribution in [0.15, 0.2) is 36.7 Å². The summed E-state index contributed by atoms with van der Waals surface area (Å²) in [5, 5.41) is 15.4. The Bertz CT molecular complexity index is 610. The maximum atomic E-state index is 10.3. The lowest BCUT2D eigenvalue weighted by atomic mass is 10.0. The zero-order chi connectivity index (χ0) is 14.9. The van der Waals surface area contributed by atoms with Gasteiger partial charge in [0.05, 0.1) is 17.5 Å². The molecule has 2 heterocycles. The second-order valence-electron chi connectivity index (χ2n) is 5.81. The summed E-state index contributed by atoms with van der Waals surface area (Å²) in [6.07, 6.45) is 5.59. The molecular weight excluding hydrogens is 286 g/mol. The monoisotopic (exact) mass is 305 g/mol. The molecule has 2 aromatic rings. The molecule has 0 radical (unpaired) electrons. The predicted octanol–water partition coefficient (Wildman–Crippen LogP) is 2.87. The van der Waals surface area contributed by atoms with Crippen molar-refractivity contribution in [1.82, 2.24) is 14.7 Å². The van der Waals surface area contributed by atoms with Crippen molar-refractivity contribution in [1.29, 1.82) is 0 Å². The van der Waals surface area contributed by atoms with Crippen LogP contribution in [-0.4, -0.2) is 38.5 Å². The minimum absolute atomic E-state index is 0.508. The van der Waals surface area contributed by atoms with Crippen molar-refractivity contribution in [3.63, 3.8) is 0 Å². The largest absolute Gasteiger partial charge is 0.389 e. The van der Waals surface area contributed by atoms with E-state index in [0.29, 0.717) is 0 Å². The van der Waals surface area contributed by atoms with Crippen LogP contribution in [-0.2, 0) is 6.54 Å². The van der Waals surface area contributed by atoms with Gasteiger partial charge in [-0.05, 0) is 37.1 Å². The Labute approximate surface area is 130 Å². The molecule has 1 aromatic heterocycles. The summed E-state index contributed by atoms with van der Waals surface area (Å²) in [5.74, 6) is 0. The SMILES string of the molecule is CCC1(O)CCN(Cc2cnn(-c3ccc(Cl)cc3)c2)C1. The number of likely N-dealkylation sites (tertiary alicyclic amines) is 1. The third kappa shape index (κ3) is 3.28. The van der Waals surface area contributed by atoms with Crippen molar-refractivity contribution in [3.05, 3.63) is 47.2 Å². The van der Waals surface area contributed by atoms with E-state index in [4.69, 9.17) is 11.6 Å². The van der Waals surface area contributed by atoms with Crippen LogP contribution in [0.25, 0.3) is 5.69 Å². The van der Waals surface area contributed by atoms with Gasteiger partial charge in [0.1, 0.15) is 0 Å². The molecule has 3 rings (SSSR count). The van der Waals surface area contributed by atoms with Crippen LogP contribution in [0.2, 0.25) is 5.02 Å². The molecule has 1 aliphatic rings. The van der Waals surface area contributed by atoms with Gasteiger partial charge in [0, 0.05) is 36.4 Å². The molecule has 0 aliphatic carbocycles. The first kappa shape index (κ1) is 14.6. The zero-order valence-corrected chi connectivity index (χ0v) is 12.9. The Morgan fingerprint density at radius 3 is 2.76 bits per heavy atom. The minimum Gasteiger partial charge on any atom is -0.389 e. The number of nitrogens with zero attached hydrogens (tertiary/aromatic N) is 3. The Morgan fingerprint density at radius 1 is 1.33 bits per heavy atom. The third-order valence-corrected chi connectivity index (χ3v) is 4.45. The normalized spacial score (nSPS) is 22.8. The Balaban J connectivity index is 1.67. The number of halogens is 1. The highest BCUT2D eigenvalue weighted by Gasteiger charge is 2.34. The van der Waals surface area contributed by atoms with E-state index < -0.39 is 5.60 Å². The van der Waals surface area contributed by atoms with Gasteiger partial charge in [0.25, 0.3) is 0 Å². The fraction of sp³-hybridized carbons (Fsp3) is 0.438. The minimum atomic E-state index is -0.508. The second-order valence-corrected chi connectivity index (χ2v) is 6.24. The third-order valence-electron chi connectivity index (χ3n) is 4.20. The van der Waals surface area contributed by atoms with E-state index in [2.05, 4.69) is 10.00 Å². The summed E-state index contributed by atoms with van der Waals surface area (Å²) in [5.41, 5.74) is 1.65. The molecule has 1 atom stereocenters. The molecule has 1 N–H and O–H groups in total. The summed E-state index contributed by atoms with van der Waals surface area (Å²) >= 11 is 5.90. The summed E-state index contributed by atoms with van der Waals surface area (Å²) < 4.78 is 1.85. The van der Waals surface area contributed by atoms with Gasteiger partial charge < -0.3 is 5.11 Å². The van der Waals surface area contributed by atoms with E-state index in [1.54, 1.807) is 0 Å². The van der Waals surface area contributed by atoms with E-state index in [9.17, 15) is 5.11 Å². The number of β-amino-alcohol motifs (C(OH)–C–C–N with tert-alkyl or cyclic N) is 1. The van der Waals surface area contributed by atoms with Gasteiger partial charge in [-0.15, -0.1) is 0 Å². The number of rotatable bonds is 4. The molecule has 1 saturated heterocycles. The molecule has 1 aromatic carbocycles. The van der Waals surface area contributed by atoms with Crippen molar-refractivity contribution in [2.45, 2.75) is 31.9 Å². The molecule has 1 fully saturated rings.